The van der Waals surface area contributed by atoms with Gasteiger partial charge in [0.05, 0.1) is 10.0 Å². The van der Waals surface area contributed by atoms with Crippen LogP contribution in [0.3, 0.4) is 0 Å². The van der Waals surface area contributed by atoms with Gasteiger partial charge in [0, 0.05) is 12.1 Å². The van der Waals surface area contributed by atoms with Crippen molar-refractivity contribution >= 4 is 23.2 Å². The maximum atomic E-state index is 12.8. The molecule has 1 rings (SSSR count). The van der Waals surface area contributed by atoms with E-state index in [0.717, 1.165) is 0 Å². The molecule has 0 radical (unpaired) electrons. The van der Waals surface area contributed by atoms with Crippen LogP contribution < -0.4 is 5.73 Å². The lowest BCUT2D eigenvalue weighted by molar-refractivity contribution is 0.611. The van der Waals surface area contributed by atoms with Gasteiger partial charge in [0.2, 0.25) is 0 Å². The van der Waals surface area contributed by atoms with Crippen LogP contribution in [0.1, 0.15) is 5.56 Å². The van der Waals surface area contributed by atoms with Crippen molar-refractivity contribution in [3.63, 3.8) is 0 Å². The summed E-state index contributed by atoms with van der Waals surface area (Å²) in [6.45, 7) is 0.0607. The Bertz CT molecular complexity index is 275. The topological polar surface area (TPSA) is 26.0 Å². The lowest BCUT2D eigenvalue weighted by Crippen LogP contribution is -2.00. The molecule has 0 unspecified atom stereocenters. The van der Waals surface area contributed by atoms with Crippen LogP contribution in [-0.2, 0) is 6.54 Å². The van der Waals surface area contributed by atoms with Crippen molar-refractivity contribution in [1.82, 2.24) is 0 Å². The molecule has 0 fully saturated rings. The minimum absolute atomic E-state index is 0.0607. The van der Waals surface area contributed by atoms with E-state index in [9.17, 15) is 4.39 Å². The Balaban J connectivity index is 3.29. The number of rotatable bonds is 1. The first-order valence-corrected chi connectivity index (χ1v) is 3.75. The standard InChI is InChI=1S/C7H6Cl2FN/c8-5-1-2-6(10)4(3-11)7(5)9/h1-2H,3,11H2. The number of hydrogen-bond donors (Lipinski definition) is 1. The van der Waals surface area contributed by atoms with Crippen molar-refractivity contribution in [2.75, 3.05) is 0 Å². The molecule has 0 saturated heterocycles. The van der Waals surface area contributed by atoms with E-state index in [1.54, 1.807) is 0 Å². The summed E-state index contributed by atoms with van der Waals surface area (Å²) in [6, 6.07) is 2.65. The summed E-state index contributed by atoms with van der Waals surface area (Å²) in [5.41, 5.74) is 5.50. The summed E-state index contributed by atoms with van der Waals surface area (Å²) >= 11 is 11.3. The number of halogens is 3. The minimum Gasteiger partial charge on any atom is -0.326 e. The predicted octanol–water partition coefficient (Wildman–Crippen LogP) is 2.59. The van der Waals surface area contributed by atoms with Crippen LogP contribution in [0, 0.1) is 5.82 Å². The Morgan fingerprint density at radius 2 is 2.00 bits per heavy atom. The molecule has 0 amide bonds. The smallest absolute Gasteiger partial charge is 0.129 e. The van der Waals surface area contributed by atoms with Crippen molar-refractivity contribution in [3.8, 4) is 0 Å². The second kappa shape index (κ2) is 3.39. The highest BCUT2D eigenvalue weighted by Gasteiger charge is 2.07. The molecule has 1 nitrogen and oxygen atoms in total. The Morgan fingerprint density at radius 3 is 2.45 bits per heavy atom. The molecule has 0 aromatic heterocycles. The lowest BCUT2D eigenvalue weighted by atomic mass is 10.2. The monoisotopic (exact) mass is 193 g/mol. The van der Waals surface area contributed by atoms with Gasteiger partial charge in [0.1, 0.15) is 5.82 Å². The van der Waals surface area contributed by atoms with E-state index < -0.39 is 5.82 Å². The van der Waals surface area contributed by atoms with Gasteiger partial charge in [-0.15, -0.1) is 0 Å². The Morgan fingerprint density at radius 1 is 1.36 bits per heavy atom. The molecule has 0 saturated carbocycles. The minimum atomic E-state index is -0.415. The van der Waals surface area contributed by atoms with Crippen molar-refractivity contribution in [1.29, 1.82) is 0 Å². The van der Waals surface area contributed by atoms with Crippen LogP contribution in [0.25, 0.3) is 0 Å². The maximum absolute atomic E-state index is 12.8. The van der Waals surface area contributed by atoms with Crippen molar-refractivity contribution in [3.05, 3.63) is 33.6 Å². The average Bonchev–Trinajstić information content (AvgIpc) is 1.99. The van der Waals surface area contributed by atoms with Crippen molar-refractivity contribution in [2.45, 2.75) is 6.54 Å². The molecular weight excluding hydrogens is 188 g/mol. The van der Waals surface area contributed by atoms with E-state index >= 15 is 0 Å². The van der Waals surface area contributed by atoms with Gasteiger partial charge in [0.25, 0.3) is 0 Å². The van der Waals surface area contributed by atoms with E-state index in [0.29, 0.717) is 5.02 Å². The van der Waals surface area contributed by atoms with Gasteiger partial charge in [-0.1, -0.05) is 23.2 Å². The highest BCUT2D eigenvalue weighted by molar-refractivity contribution is 6.42. The van der Waals surface area contributed by atoms with Crippen molar-refractivity contribution in [2.24, 2.45) is 5.73 Å². The van der Waals surface area contributed by atoms with Crippen LogP contribution in [0.2, 0.25) is 10.0 Å². The zero-order valence-electron chi connectivity index (χ0n) is 5.57. The molecule has 1 aromatic rings. The highest BCUT2D eigenvalue weighted by atomic mass is 35.5. The van der Waals surface area contributed by atoms with Gasteiger partial charge in [-0.2, -0.15) is 0 Å². The summed E-state index contributed by atoms with van der Waals surface area (Å²) in [7, 11) is 0. The SMILES string of the molecule is NCc1c(F)ccc(Cl)c1Cl. The molecule has 0 heterocycles. The fourth-order valence-corrected chi connectivity index (χ4v) is 1.16. The fraction of sp³-hybridized carbons (Fsp3) is 0.143. The second-order valence-corrected chi connectivity index (χ2v) is 2.81. The van der Waals surface area contributed by atoms with E-state index in [1.807, 2.05) is 0 Å². The molecular formula is C7H6Cl2FN. The second-order valence-electron chi connectivity index (χ2n) is 2.03. The molecule has 0 atom stereocenters. The number of nitrogens with two attached hydrogens (primary N) is 1. The number of benzene rings is 1. The third-order valence-electron chi connectivity index (χ3n) is 1.34. The summed E-state index contributed by atoms with van der Waals surface area (Å²) in [4.78, 5) is 0. The summed E-state index contributed by atoms with van der Waals surface area (Å²) in [5.74, 6) is -0.415. The first kappa shape index (κ1) is 8.78. The third-order valence-corrected chi connectivity index (χ3v) is 2.19. The van der Waals surface area contributed by atoms with Gasteiger partial charge < -0.3 is 5.73 Å². The summed E-state index contributed by atoms with van der Waals surface area (Å²) < 4.78 is 12.8. The highest BCUT2D eigenvalue weighted by Crippen LogP contribution is 2.27. The van der Waals surface area contributed by atoms with Gasteiger partial charge in [-0.25, -0.2) is 4.39 Å². The van der Waals surface area contributed by atoms with E-state index in [1.165, 1.54) is 12.1 Å². The molecule has 0 aliphatic rings. The van der Waals surface area contributed by atoms with Gasteiger partial charge in [0.15, 0.2) is 0 Å². The molecule has 0 bridgehead atoms. The normalized spacial score (nSPS) is 10.2. The van der Waals surface area contributed by atoms with Crippen LogP contribution >= 0.6 is 23.2 Å². The van der Waals surface area contributed by atoms with E-state index in [-0.39, 0.29) is 17.1 Å². The molecule has 60 valence electrons. The molecule has 11 heavy (non-hydrogen) atoms. The molecule has 0 aliphatic heterocycles. The van der Waals surface area contributed by atoms with Gasteiger partial charge in [-0.05, 0) is 12.1 Å². The third kappa shape index (κ3) is 1.64. The number of hydrogen-bond acceptors (Lipinski definition) is 1. The van der Waals surface area contributed by atoms with Crippen LogP contribution in [0.5, 0.6) is 0 Å². The quantitative estimate of drug-likeness (QED) is 0.683. The first-order valence-electron chi connectivity index (χ1n) is 2.99. The van der Waals surface area contributed by atoms with E-state index in [2.05, 4.69) is 0 Å². The summed E-state index contributed by atoms with van der Waals surface area (Å²) in [6.07, 6.45) is 0. The molecule has 2 N–H and O–H groups in total. The van der Waals surface area contributed by atoms with Crippen LogP contribution in [0.15, 0.2) is 12.1 Å². The zero-order valence-corrected chi connectivity index (χ0v) is 7.08. The first-order chi connectivity index (χ1) is 5.16. The molecule has 0 spiro atoms. The molecule has 4 heteroatoms. The lowest BCUT2D eigenvalue weighted by Gasteiger charge is -2.03. The van der Waals surface area contributed by atoms with Crippen LogP contribution in [-0.4, -0.2) is 0 Å². The zero-order chi connectivity index (χ0) is 8.43. The summed E-state index contributed by atoms with van der Waals surface area (Å²) in [5, 5.41) is 0.530. The molecule has 0 aliphatic carbocycles. The van der Waals surface area contributed by atoms with E-state index in [4.69, 9.17) is 28.9 Å². The van der Waals surface area contributed by atoms with Gasteiger partial charge in [-0.3, -0.25) is 0 Å². The fourth-order valence-electron chi connectivity index (χ4n) is 0.756. The Hall–Kier alpha value is -0.310. The maximum Gasteiger partial charge on any atom is 0.129 e. The Labute approximate surface area is 73.9 Å². The van der Waals surface area contributed by atoms with Gasteiger partial charge >= 0.3 is 0 Å². The Kier molecular flexibility index (Phi) is 2.71. The average molecular weight is 194 g/mol. The van der Waals surface area contributed by atoms with Crippen molar-refractivity contribution < 1.29 is 4.39 Å². The molecule has 1 aromatic carbocycles. The predicted molar refractivity (Wildman–Crippen MR) is 44.3 cm³/mol. The largest absolute Gasteiger partial charge is 0.326 e. The van der Waals surface area contributed by atoms with Crippen LogP contribution in [0.4, 0.5) is 4.39 Å².